The highest BCUT2D eigenvalue weighted by atomic mass is 31.2. The molecule has 0 amide bonds. The second-order valence-corrected chi connectivity index (χ2v) is 11.4. The van der Waals surface area contributed by atoms with Crippen LogP contribution in [0.25, 0.3) is 0 Å². The second kappa shape index (κ2) is 11.5. The Bertz CT molecular complexity index is 903. The molecule has 0 bridgehead atoms. The summed E-state index contributed by atoms with van der Waals surface area (Å²) in [5, 5.41) is 0. The van der Waals surface area contributed by atoms with Crippen LogP contribution in [0, 0.1) is 20.8 Å². The number of benzene rings is 2. The van der Waals surface area contributed by atoms with Crippen LogP contribution in [0.3, 0.4) is 0 Å². The molecule has 170 valence electrons. The van der Waals surface area contributed by atoms with Crippen LogP contribution in [0.1, 0.15) is 60.4 Å². The molecule has 0 radical (unpaired) electrons. The fourth-order valence-electron chi connectivity index (χ4n) is 4.23. The molecule has 2 aromatic rings. The van der Waals surface area contributed by atoms with Gasteiger partial charge in [0.15, 0.2) is 12.7 Å². The smallest absolute Gasteiger partial charge is 0.192 e. The highest BCUT2D eigenvalue weighted by Gasteiger charge is 2.32. The van der Waals surface area contributed by atoms with E-state index in [9.17, 15) is 9.36 Å². The monoisotopic (exact) mass is 444 g/mol. The molecule has 0 aliphatic heterocycles. The number of carbonyl (C=O) groups excluding carboxylic acids is 1. The Hall–Kier alpha value is -2.06. The van der Waals surface area contributed by atoms with Gasteiger partial charge in [0.25, 0.3) is 0 Å². The van der Waals surface area contributed by atoms with E-state index in [2.05, 4.69) is 39.8 Å². The van der Waals surface area contributed by atoms with E-state index in [1.54, 1.807) is 14.2 Å². The number of hydrogen-bond acceptors (Lipinski definition) is 4. The van der Waals surface area contributed by atoms with Crippen molar-refractivity contribution >= 4 is 12.7 Å². The Balaban J connectivity index is 2.29. The third kappa shape index (κ3) is 6.46. The molecule has 0 heterocycles. The molecular formula is C26H37O4P. The SMILES string of the molecule is CCCCCP(=O)(Cc1c(C)cc(C)cc1C)C(=O)CCc1c(OC)cccc1OC. The minimum absolute atomic E-state index is 0.115. The maximum atomic E-state index is 14.1. The molecule has 4 nitrogen and oxygen atoms in total. The molecule has 0 aliphatic rings. The average molecular weight is 445 g/mol. The van der Waals surface area contributed by atoms with Crippen molar-refractivity contribution in [1.82, 2.24) is 0 Å². The standard InChI is InChI=1S/C26H37O4P/c1-7-8-9-15-31(28,18-23-20(3)16-19(2)17-21(23)4)26(27)14-13-22-24(29-5)11-10-12-25(22)30-6/h10-12,16-17H,7-9,13-15,18H2,1-6H3. The molecule has 0 aromatic heterocycles. The normalized spacial score (nSPS) is 13.0. The zero-order valence-corrected chi connectivity index (χ0v) is 20.8. The summed E-state index contributed by atoms with van der Waals surface area (Å²) in [4.78, 5) is 13.4. The number of aryl methyl sites for hydroxylation is 3. The van der Waals surface area contributed by atoms with Crippen molar-refractivity contribution in [3.05, 3.63) is 58.1 Å². The lowest BCUT2D eigenvalue weighted by atomic mass is 10.0. The fraction of sp³-hybridized carbons (Fsp3) is 0.500. The van der Waals surface area contributed by atoms with E-state index in [1.165, 1.54) is 5.56 Å². The van der Waals surface area contributed by atoms with Crippen molar-refractivity contribution in [2.75, 3.05) is 20.4 Å². The van der Waals surface area contributed by atoms with Crippen LogP contribution in [0.5, 0.6) is 11.5 Å². The molecule has 2 aromatic carbocycles. The number of ether oxygens (including phenoxy) is 2. The van der Waals surface area contributed by atoms with E-state index in [-0.39, 0.29) is 11.9 Å². The highest BCUT2D eigenvalue weighted by Crippen LogP contribution is 2.53. The summed E-state index contributed by atoms with van der Waals surface area (Å²) >= 11 is 0. The number of unbranched alkanes of at least 4 members (excludes halogenated alkanes) is 2. The summed E-state index contributed by atoms with van der Waals surface area (Å²) in [6.45, 7) is 8.29. The summed E-state index contributed by atoms with van der Waals surface area (Å²) in [6.07, 6.45) is 4.37. The van der Waals surface area contributed by atoms with Crippen molar-refractivity contribution < 1.29 is 18.8 Å². The van der Waals surface area contributed by atoms with E-state index in [1.807, 2.05) is 18.2 Å². The maximum Gasteiger partial charge on any atom is 0.192 e. The van der Waals surface area contributed by atoms with Gasteiger partial charge in [-0.2, -0.15) is 0 Å². The van der Waals surface area contributed by atoms with Crippen LogP contribution >= 0.6 is 7.14 Å². The zero-order chi connectivity index (χ0) is 23.0. The third-order valence-corrected chi connectivity index (χ3v) is 8.95. The van der Waals surface area contributed by atoms with E-state index in [0.29, 0.717) is 30.2 Å². The van der Waals surface area contributed by atoms with E-state index in [0.717, 1.165) is 41.5 Å². The molecule has 1 atom stereocenters. The van der Waals surface area contributed by atoms with Gasteiger partial charge in [-0.25, -0.2) is 0 Å². The lowest BCUT2D eigenvalue weighted by molar-refractivity contribution is -0.112. The Morgan fingerprint density at radius 2 is 1.52 bits per heavy atom. The molecule has 2 rings (SSSR count). The maximum absolute atomic E-state index is 14.1. The first kappa shape index (κ1) is 25.2. The molecule has 0 N–H and O–H groups in total. The summed E-state index contributed by atoms with van der Waals surface area (Å²) < 4.78 is 25.0. The lowest BCUT2D eigenvalue weighted by Crippen LogP contribution is -2.10. The summed E-state index contributed by atoms with van der Waals surface area (Å²) in [7, 11) is 0.184. The number of rotatable bonds is 12. The Labute approximate surface area is 187 Å². The lowest BCUT2D eigenvalue weighted by Gasteiger charge is -2.21. The van der Waals surface area contributed by atoms with Crippen molar-refractivity contribution in [3.63, 3.8) is 0 Å². The predicted molar refractivity (Wildman–Crippen MR) is 129 cm³/mol. The molecule has 0 spiro atoms. The summed E-state index contributed by atoms with van der Waals surface area (Å²) in [5.41, 5.74) is 5.22. The van der Waals surface area contributed by atoms with Crippen LogP contribution in [-0.2, 0) is 21.9 Å². The van der Waals surface area contributed by atoms with Gasteiger partial charge < -0.3 is 14.0 Å². The van der Waals surface area contributed by atoms with Crippen molar-refractivity contribution in [2.45, 2.75) is 66.0 Å². The Morgan fingerprint density at radius 3 is 2.03 bits per heavy atom. The number of carbonyl (C=O) groups is 1. The fourth-order valence-corrected chi connectivity index (χ4v) is 7.08. The molecule has 1 unspecified atom stereocenters. The van der Waals surface area contributed by atoms with Gasteiger partial charge in [-0.1, -0.05) is 43.5 Å². The second-order valence-electron chi connectivity index (χ2n) is 8.39. The van der Waals surface area contributed by atoms with Gasteiger partial charge in [-0.05, 0) is 62.4 Å². The van der Waals surface area contributed by atoms with Gasteiger partial charge in [-0.15, -0.1) is 0 Å². The first-order valence-electron chi connectivity index (χ1n) is 11.1. The van der Waals surface area contributed by atoms with Crippen LogP contribution in [0.2, 0.25) is 0 Å². The quantitative estimate of drug-likeness (QED) is 0.266. The molecule has 0 saturated carbocycles. The first-order valence-corrected chi connectivity index (χ1v) is 13.2. The van der Waals surface area contributed by atoms with Gasteiger partial charge in [0.05, 0.1) is 14.2 Å². The molecule has 0 aliphatic carbocycles. The topological polar surface area (TPSA) is 52.6 Å². The highest BCUT2D eigenvalue weighted by molar-refractivity contribution is 7.79. The van der Waals surface area contributed by atoms with Crippen LogP contribution < -0.4 is 9.47 Å². The van der Waals surface area contributed by atoms with Crippen LogP contribution in [-0.4, -0.2) is 25.9 Å². The number of hydrogen-bond donors (Lipinski definition) is 0. The largest absolute Gasteiger partial charge is 0.496 e. The van der Waals surface area contributed by atoms with Crippen LogP contribution in [0.4, 0.5) is 0 Å². The average Bonchev–Trinajstić information content (AvgIpc) is 2.74. The van der Waals surface area contributed by atoms with Gasteiger partial charge in [-0.3, -0.25) is 4.79 Å². The van der Waals surface area contributed by atoms with Gasteiger partial charge in [0.1, 0.15) is 11.5 Å². The first-order chi connectivity index (χ1) is 14.8. The van der Waals surface area contributed by atoms with Gasteiger partial charge >= 0.3 is 0 Å². The number of methoxy groups -OCH3 is 2. The van der Waals surface area contributed by atoms with E-state index < -0.39 is 7.14 Å². The Kier molecular flexibility index (Phi) is 9.37. The summed E-state index contributed by atoms with van der Waals surface area (Å²) in [5.74, 6) is 1.39. The van der Waals surface area contributed by atoms with Gasteiger partial charge in [0, 0.05) is 24.3 Å². The zero-order valence-electron chi connectivity index (χ0n) is 19.9. The van der Waals surface area contributed by atoms with Crippen LogP contribution in [0.15, 0.2) is 30.3 Å². The minimum atomic E-state index is -3.04. The van der Waals surface area contributed by atoms with E-state index in [4.69, 9.17) is 9.47 Å². The summed E-state index contributed by atoms with van der Waals surface area (Å²) in [6, 6.07) is 9.82. The molecule has 31 heavy (non-hydrogen) atoms. The van der Waals surface area contributed by atoms with Crippen molar-refractivity contribution in [2.24, 2.45) is 0 Å². The predicted octanol–water partition coefficient (Wildman–Crippen LogP) is 6.84. The molecule has 0 saturated heterocycles. The Morgan fingerprint density at radius 1 is 0.935 bits per heavy atom. The van der Waals surface area contributed by atoms with Crippen molar-refractivity contribution in [3.8, 4) is 11.5 Å². The molecule has 0 fully saturated rings. The molecule has 5 heteroatoms. The van der Waals surface area contributed by atoms with Crippen molar-refractivity contribution in [1.29, 1.82) is 0 Å². The molecular weight excluding hydrogens is 407 g/mol. The minimum Gasteiger partial charge on any atom is -0.496 e. The van der Waals surface area contributed by atoms with E-state index >= 15 is 0 Å². The third-order valence-electron chi connectivity index (χ3n) is 5.95. The van der Waals surface area contributed by atoms with Gasteiger partial charge in [0.2, 0.25) is 0 Å².